The fourth-order valence-corrected chi connectivity index (χ4v) is 10.9. The van der Waals surface area contributed by atoms with Crippen LogP contribution in [0.1, 0.15) is 22.3 Å². The Morgan fingerprint density at radius 1 is 0.313 bits per heavy atom. The maximum Gasteiger partial charge on any atom is 0.143 e. The lowest BCUT2D eigenvalue weighted by Crippen LogP contribution is -2.28. The minimum atomic E-state index is -0.522. The van der Waals surface area contributed by atoms with Gasteiger partial charge in [-0.25, -0.2) is 0 Å². The van der Waals surface area contributed by atoms with Gasteiger partial charge in [-0.05, 0) is 127 Å². The minimum absolute atomic E-state index is 0.522. The second-order valence-electron chi connectivity index (χ2n) is 17.6. The molecule has 1 heterocycles. The number of rotatable bonds is 8. The Morgan fingerprint density at radius 3 is 1.58 bits per heavy atom. The molecule has 12 aromatic rings. The molecule has 0 fully saturated rings. The highest BCUT2D eigenvalue weighted by molar-refractivity contribution is 6.13. The Balaban J connectivity index is 0.999. The first-order valence-electron chi connectivity index (χ1n) is 23.1. The van der Waals surface area contributed by atoms with Crippen LogP contribution in [0, 0.1) is 0 Å². The van der Waals surface area contributed by atoms with E-state index in [1.807, 2.05) is 6.07 Å². The first kappa shape index (κ1) is 38.7. The molecule has 0 bridgehead atoms. The minimum Gasteiger partial charge on any atom is -0.455 e. The Kier molecular flexibility index (Phi) is 9.11. The fourth-order valence-electron chi connectivity index (χ4n) is 10.9. The van der Waals surface area contributed by atoms with Gasteiger partial charge in [0.1, 0.15) is 11.2 Å². The van der Waals surface area contributed by atoms with Crippen LogP contribution in [0.5, 0.6) is 0 Å². The van der Waals surface area contributed by atoms with E-state index in [0.717, 1.165) is 61.3 Å². The van der Waals surface area contributed by atoms with Crippen molar-refractivity contribution >= 4 is 49.8 Å². The van der Waals surface area contributed by atoms with Crippen molar-refractivity contribution in [2.45, 2.75) is 5.41 Å². The van der Waals surface area contributed by atoms with Crippen molar-refractivity contribution in [2.75, 3.05) is 4.90 Å². The van der Waals surface area contributed by atoms with Crippen molar-refractivity contribution in [2.24, 2.45) is 0 Å². The lowest BCUT2D eigenvalue weighted by molar-refractivity contribution is 0.670. The van der Waals surface area contributed by atoms with E-state index in [4.69, 9.17) is 4.42 Å². The molecule has 0 saturated carbocycles. The average molecular weight is 854 g/mol. The summed E-state index contributed by atoms with van der Waals surface area (Å²) >= 11 is 0. The molecule has 0 saturated heterocycles. The number of benzene rings is 11. The molecule has 0 amide bonds. The lowest BCUT2D eigenvalue weighted by Gasteiger charge is -2.35. The van der Waals surface area contributed by atoms with Crippen molar-refractivity contribution in [1.82, 2.24) is 0 Å². The van der Waals surface area contributed by atoms with Crippen molar-refractivity contribution < 1.29 is 4.42 Å². The molecule has 314 valence electrons. The quantitative estimate of drug-likeness (QED) is 0.151. The number of fused-ring (bicyclic) bond motifs is 7. The maximum absolute atomic E-state index is 6.76. The number of hydrogen-bond donors (Lipinski definition) is 0. The van der Waals surface area contributed by atoms with Crippen LogP contribution < -0.4 is 4.90 Å². The largest absolute Gasteiger partial charge is 0.455 e. The Labute approximate surface area is 390 Å². The molecule has 1 aromatic heterocycles. The summed E-state index contributed by atoms with van der Waals surface area (Å²) < 4.78 is 6.76. The molecule has 11 aromatic carbocycles. The average Bonchev–Trinajstić information content (AvgIpc) is 3.93. The molecular weight excluding hydrogens is 811 g/mol. The van der Waals surface area contributed by atoms with E-state index in [1.54, 1.807) is 0 Å². The topological polar surface area (TPSA) is 16.4 Å². The van der Waals surface area contributed by atoms with Crippen molar-refractivity contribution in [3.63, 3.8) is 0 Å². The molecule has 0 N–H and O–H groups in total. The van der Waals surface area contributed by atoms with Crippen LogP contribution in [0.4, 0.5) is 17.1 Å². The standard InChI is InChI=1S/C65H43NO/c1-4-16-44(17-5-1)46-30-34-52(35-31-46)66(54-38-39-57-56-24-12-14-26-60(56)65(61(57)43-54,50-20-6-2-7-21-50)51-22-8-3-9-23-51)53-36-32-47(33-37-53)55-40-41-59-58-25-13-15-27-62(58)67-64(59)63(55)49-29-28-45-18-10-11-19-48(45)42-49/h1-43H. The highest BCUT2D eigenvalue weighted by Gasteiger charge is 2.46. The van der Waals surface area contributed by atoms with Gasteiger partial charge in [0.2, 0.25) is 0 Å². The number of furan rings is 1. The van der Waals surface area contributed by atoms with Gasteiger partial charge in [0.15, 0.2) is 0 Å². The molecular formula is C65H43NO. The second-order valence-corrected chi connectivity index (χ2v) is 17.6. The second kappa shape index (κ2) is 15.8. The normalized spacial score (nSPS) is 12.6. The third-order valence-electron chi connectivity index (χ3n) is 14.0. The van der Waals surface area contributed by atoms with Gasteiger partial charge >= 0.3 is 0 Å². The van der Waals surface area contributed by atoms with Crippen molar-refractivity contribution in [1.29, 1.82) is 0 Å². The van der Waals surface area contributed by atoms with Gasteiger partial charge in [-0.15, -0.1) is 0 Å². The summed E-state index contributed by atoms with van der Waals surface area (Å²) in [6, 6.07) is 95.0. The van der Waals surface area contributed by atoms with E-state index in [-0.39, 0.29) is 0 Å². The highest BCUT2D eigenvalue weighted by atomic mass is 16.3. The third kappa shape index (κ3) is 6.26. The maximum atomic E-state index is 6.76. The first-order valence-corrected chi connectivity index (χ1v) is 23.1. The van der Waals surface area contributed by atoms with E-state index in [9.17, 15) is 0 Å². The number of anilines is 3. The summed E-state index contributed by atoms with van der Waals surface area (Å²) in [4.78, 5) is 2.41. The predicted octanol–water partition coefficient (Wildman–Crippen LogP) is 17.6. The van der Waals surface area contributed by atoms with E-state index < -0.39 is 5.41 Å². The lowest BCUT2D eigenvalue weighted by atomic mass is 9.67. The number of hydrogen-bond acceptors (Lipinski definition) is 2. The molecule has 13 rings (SSSR count). The fraction of sp³-hybridized carbons (Fsp3) is 0.0154. The van der Waals surface area contributed by atoms with Crippen LogP contribution in [0.3, 0.4) is 0 Å². The van der Waals surface area contributed by atoms with Crippen LogP contribution in [-0.2, 0) is 5.41 Å². The summed E-state index contributed by atoms with van der Waals surface area (Å²) in [6.07, 6.45) is 0. The van der Waals surface area contributed by atoms with Gasteiger partial charge in [0, 0.05) is 33.4 Å². The highest BCUT2D eigenvalue weighted by Crippen LogP contribution is 2.57. The predicted molar refractivity (Wildman–Crippen MR) is 280 cm³/mol. The van der Waals surface area contributed by atoms with Gasteiger partial charge in [-0.3, -0.25) is 0 Å². The summed E-state index contributed by atoms with van der Waals surface area (Å²) in [5.41, 5.74) is 18.9. The smallest absolute Gasteiger partial charge is 0.143 e. The Morgan fingerprint density at radius 2 is 0.851 bits per heavy atom. The van der Waals surface area contributed by atoms with E-state index >= 15 is 0 Å². The molecule has 67 heavy (non-hydrogen) atoms. The van der Waals surface area contributed by atoms with Gasteiger partial charge in [-0.1, -0.05) is 206 Å². The Bertz CT molecular complexity index is 3740. The van der Waals surface area contributed by atoms with Gasteiger partial charge < -0.3 is 9.32 Å². The van der Waals surface area contributed by atoms with Crippen LogP contribution in [0.2, 0.25) is 0 Å². The monoisotopic (exact) mass is 853 g/mol. The Hall–Kier alpha value is -8.72. The van der Waals surface area contributed by atoms with Crippen LogP contribution in [-0.4, -0.2) is 0 Å². The van der Waals surface area contributed by atoms with Gasteiger partial charge in [0.05, 0.1) is 5.41 Å². The SMILES string of the molecule is c1ccc(-c2ccc(N(c3ccc(-c4ccc5c(oc6ccccc65)c4-c4ccc5ccccc5c4)cc3)c3ccc4c(c3)C(c3ccccc3)(c3ccccc3)c3ccccc3-4)cc2)cc1. The molecule has 2 heteroatoms. The van der Waals surface area contributed by atoms with E-state index in [1.165, 1.54) is 55.3 Å². The van der Waals surface area contributed by atoms with E-state index in [0.29, 0.717) is 0 Å². The van der Waals surface area contributed by atoms with Crippen LogP contribution in [0.25, 0.3) is 77.2 Å². The van der Waals surface area contributed by atoms with Crippen molar-refractivity contribution in [3.05, 3.63) is 283 Å². The van der Waals surface area contributed by atoms with Crippen molar-refractivity contribution in [3.8, 4) is 44.5 Å². The molecule has 0 spiro atoms. The summed E-state index contributed by atoms with van der Waals surface area (Å²) in [6.45, 7) is 0. The summed E-state index contributed by atoms with van der Waals surface area (Å²) in [7, 11) is 0. The van der Waals surface area contributed by atoms with Gasteiger partial charge in [0.25, 0.3) is 0 Å². The summed E-state index contributed by atoms with van der Waals surface area (Å²) in [5.74, 6) is 0. The zero-order valence-corrected chi connectivity index (χ0v) is 36.7. The third-order valence-corrected chi connectivity index (χ3v) is 14.0. The van der Waals surface area contributed by atoms with Crippen LogP contribution >= 0.6 is 0 Å². The number of para-hydroxylation sites is 1. The molecule has 0 aliphatic heterocycles. The zero-order valence-electron chi connectivity index (χ0n) is 36.7. The van der Waals surface area contributed by atoms with Gasteiger partial charge in [-0.2, -0.15) is 0 Å². The van der Waals surface area contributed by atoms with Crippen LogP contribution in [0.15, 0.2) is 265 Å². The summed E-state index contributed by atoms with van der Waals surface area (Å²) in [5, 5.41) is 4.65. The molecule has 2 nitrogen and oxygen atoms in total. The molecule has 1 aliphatic rings. The zero-order chi connectivity index (χ0) is 44.3. The molecule has 0 unspecified atom stereocenters. The van der Waals surface area contributed by atoms with E-state index in [2.05, 4.69) is 260 Å². The molecule has 1 aliphatic carbocycles. The molecule has 0 radical (unpaired) electrons. The number of nitrogens with zero attached hydrogens (tertiary/aromatic N) is 1. The molecule has 0 atom stereocenters. The first-order chi connectivity index (χ1) is 33.2.